The summed E-state index contributed by atoms with van der Waals surface area (Å²) < 4.78 is 15.7. The van der Waals surface area contributed by atoms with Crippen molar-refractivity contribution in [3.8, 4) is 17.2 Å². The molecule has 1 atom stereocenters. The molecule has 1 N–H and O–H groups in total. The Bertz CT molecular complexity index is 388. The van der Waals surface area contributed by atoms with E-state index in [9.17, 15) is 4.79 Å². The van der Waals surface area contributed by atoms with Crippen molar-refractivity contribution in [3.63, 3.8) is 0 Å². The summed E-state index contributed by atoms with van der Waals surface area (Å²) in [6.07, 6.45) is 0. The van der Waals surface area contributed by atoms with Gasteiger partial charge in [0.2, 0.25) is 5.75 Å². The van der Waals surface area contributed by atoms with Crippen LogP contribution in [0.4, 0.5) is 0 Å². The summed E-state index contributed by atoms with van der Waals surface area (Å²) in [7, 11) is 3.03. The van der Waals surface area contributed by atoms with Crippen LogP contribution in [0.2, 0.25) is 0 Å². The molecule has 0 saturated heterocycles. The van der Waals surface area contributed by atoms with Gasteiger partial charge >= 0.3 is 5.97 Å². The minimum atomic E-state index is -0.896. The highest BCUT2D eigenvalue weighted by molar-refractivity contribution is 5.69. The third-order valence-corrected chi connectivity index (χ3v) is 2.28. The maximum atomic E-state index is 10.7. The van der Waals surface area contributed by atoms with E-state index in [0.29, 0.717) is 17.2 Å². The Hall–Kier alpha value is -1.91. The molecule has 94 valence electrons. The van der Waals surface area contributed by atoms with Crippen LogP contribution >= 0.6 is 0 Å². The molecule has 17 heavy (non-hydrogen) atoms. The van der Waals surface area contributed by atoms with E-state index >= 15 is 0 Å². The molecule has 0 aliphatic carbocycles. The summed E-state index contributed by atoms with van der Waals surface area (Å²) in [4.78, 5) is 10.7. The lowest BCUT2D eigenvalue weighted by molar-refractivity contribution is -0.142. The Kier molecular flexibility index (Phi) is 4.63. The molecule has 0 heterocycles. The first-order valence-electron chi connectivity index (χ1n) is 5.16. The maximum Gasteiger partial charge on any atom is 0.309 e. The van der Waals surface area contributed by atoms with Crippen molar-refractivity contribution >= 4 is 5.97 Å². The second kappa shape index (κ2) is 5.98. The molecule has 1 aromatic rings. The Balaban J connectivity index is 2.80. The van der Waals surface area contributed by atoms with Crippen molar-refractivity contribution in [3.05, 3.63) is 18.2 Å². The predicted octanol–water partition coefficient (Wildman–Crippen LogP) is 1.80. The fraction of sp³-hybridized carbons (Fsp3) is 0.417. The molecule has 1 aromatic carbocycles. The number of ether oxygens (including phenoxy) is 3. The number of methoxy groups -OCH3 is 2. The second-order valence-corrected chi connectivity index (χ2v) is 3.54. The summed E-state index contributed by atoms with van der Waals surface area (Å²) in [6, 6.07) is 5.20. The van der Waals surface area contributed by atoms with Crippen LogP contribution in [0.15, 0.2) is 18.2 Å². The quantitative estimate of drug-likeness (QED) is 0.821. The summed E-state index contributed by atoms with van der Waals surface area (Å²) in [5.41, 5.74) is 0. The first-order chi connectivity index (χ1) is 8.10. The van der Waals surface area contributed by atoms with Gasteiger partial charge in [-0.1, -0.05) is 6.07 Å². The number of para-hydroxylation sites is 1. The van der Waals surface area contributed by atoms with Gasteiger partial charge in [-0.2, -0.15) is 0 Å². The van der Waals surface area contributed by atoms with E-state index in [4.69, 9.17) is 19.3 Å². The van der Waals surface area contributed by atoms with Crippen molar-refractivity contribution in [1.29, 1.82) is 0 Å². The van der Waals surface area contributed by atoms with Crippen molar-refractivity contribution < 1.29 is 24.1 Å². The second-order valence-electron chi connectivity index (χ2n) is 3.54. The molecule has 0 fully saturated rings. The zero-order valence-corrected chi connectivity index (χ0v) is 10.1. The van der Waals surface area contributed by atoms with Gasteiger partial charge in [-0.3, -0.25) is 4.79 Å². The number of hydrogen-bond acceptors (Lipinski definition) is 4. The highest BCUT2D eigenvalue weighted by Crippen LogP contribution is 2.36. The minimum Gasteiger partial charge on any atom is -0.493 e. The SMILES string of the molecule is COc1cccc(OCC(C)C(=O)O)c1OC. The van der Waals surface area contributed by atoms with E-state index in [0.717, 1.165) is 0 Å². The van der Waals surface area contributed by atoms with E-state index in [2.05, 4.69) is 0 Å². The Morgan fingerprint density at radius 2 is 1.94 bits per heavy atom. The largest absolute Gasteiger partial charge is 0.493 e. The molecule has 0 bridgehead atoms. The molecule has 0 radical (unpaired) electrons. The topological polar surface area (TPSA) is 65.0 Å². The molecule has 5 heteroatoms. The summed E-state index contributed by atoms with van der Waals surface area (Å²) in [5, 5.41) is 8.75. The molecule has 1 unspecified atom stereocenters. The van der Waals surface area contributed by atoms with Crippen LogP contribution in [0.5, 0.6) is 17.2 Å². The van der Waals surface area contributed by atoms with Gasteiger partial charge in [-0.15, -0.1) is 0 Å². The summed E-state index contributed by atoms with van der Waals surface area (Å²) in [5.74, 6) is 0.0123. The van der Waals surface area contributed by atoms with Gasteiger partial charge in [0.15, 0.2) is 11.5 Å². The Morgan fingerprint density at radius 1 is 1.29 bits per heavy atom. The number of carboxylic acid groups (broad SMARTS) is 1. The highest BCUT2D eigenvalue weighted by atomic mass is 16.5. The van der Waals surface area contributed by atoms with Crippen LogP contribution in [0.25, 0.3) is 0 Å². The van der Waals surface area contributed by atoms with Gasteiger partial charge < -0.3 is 19.3 Å². The number of benzene rings is 1. The Labute approximate surface area is 99.9 Å². The lowest BCUT2D eigenvalue weighted by atomic mass is 10.2. The standard InChI is InChI=1S/C12H16O5/c1-8(12(13)14)7-17-10-6-4-5-9(15-2)11(10)16-3/h4-6,8H,7H2,1-3H3,(H,13,14). The first-order valence-corrected chi connectivity index (χ1v) is 5.16. The van der Waals surface area contributed by atoms with Crippen LogP contribution in [-0.2, 0) is 4.79 Å². The maximum absolute atomic E-state index is 10.7. The molecule has 0 saturated carbocycles. The number of aliphatic carboxylic acids is 1. The van der Waals surface area contributed by atoms with E-state index in [-0.39, 0.29) is 6.61 Å². The highest BCUT2D eigenvalue weighted by Gasteiger charge is 2.15. The van der Waals surface area contributed by atoms with E-state index in [1.54, 1.807) is 25.1 Å². The molecule has 0 amide bonds. The molecule has 0 aromatic heterocycles. The summed E-state index contributed by atoms with van der Waals surface area (Å²) >= 11 is 0. The average molecular weight is 240 g/mol. The number of hydrogen-bond donors (Lipinski definition) is 1. The van der Waals surface area contributed by atoms with Crippen LogP contribution in [0.3, 0.4) is 0 Å². The van der Waals surface area contributed by atoms with Crippen LogP contribution in [-0.4, -0.2) is 31.9 Å². The van der Waals surface area contributed by atoms with Crippen molar-refractivity contribution in [1.82, 2.24) is 0 Å². The number of carboxylic acids is 1. The molecular weight excluding hydrogens is 224 g/mol. The van der Waals surface area contributed by atoms with E-state index < -0.39 is 11.9 Å². The van der Waals surface area contributed by atoms with Crippen LogP contribution < -0.4 is 14.2 Å². The van der Waals surface area contributed by atoms with Gasteiger partial charge in [0, 0.05) is 0 Å². The molecular formula is C12H16O5. The zero-order valence-electron chi connectivity index (χ0n) is 10.1. The predicted molar refractivity (Wildman–Crippen MR) is 61.8 cm³/mol. The van der Waals surface area contributed by atoms with Gasteiger partial charge in [-0.25, -0.2) is 0 Å². The average Bonchev–Trinajstić information content (AvgIpc) is 2.34. The van der Waals surface area contributed by atoms with Crippen molar-refractivity contribution in [2.45, 2.75) is 6.92 Å². The van der Waals surface area contributed by atoms with Crippen LogP contribution in [0.1, 0.15) is 6.92 Å². The minimum absolute atomic E-state index is 0.0822. The van der Waals surface area contributed by atoms with Gasteiger partial charge in [0.1, 0.15) is 6.61 Å². The van der Waals surface area contributed by atoms with Crippen molar-refractivity contribution in [2.75, 3.05) is 20.8 Å². The van der Waals surface area contributed by atoms with Crippen molar-refractivity contribution in [2.24, 2.45) is 5.92 Å². The smallest absolute Gasteiger partial charge is 0.309 e. The lowest BCUT2D eigenvalue weighted by Gasteiger charge is -2.14. The fourth-order valence-corrected chi connectivity index (χ4v) is 1.26. The number of rotatable bonds is 6. The third kappa shape index (κ3) is 3.27. The van der Waals surface area contributed by atoms with Gasteiger partial charge in [-0.05, 0) is 19.1 Å². The van der Waals surface area contributed by atoms with Gasteiger partial charge in [0.25, 0.3) is 0 Å². The zero-order chi connectivity index (χ0) is 12.8. The van der Waals surface area contributed by atoms with Crippen LogP contribution in [0, 0.1) is 5.92 Å². The van der Waals surface area contributed by atoms with E-state index in [1.165, 1.54) is 14.2 Å². The molecule has 0 aliphatic rings. The molecule has 0 spiro atoms. The molecule has 5 nitrogen and oxygen atoms in total. The monoisotopic (exact) mass is 240 g/mol. The molecule has 1 rings (SSSR count). The third-order valence-electron chi connectivity index (χ3n) is 2.28. The lowest BCUT2D eigenvalue weighted by Crippen LogP contribution is -2.18. The Morgan fingerprint density at radius 3 is 2.47 bits per heavy atom. The van der Waals surface area contributed by atoms with E-state index in [1.807, 2.05) is 0 Å². The van der Waals surface area contributed by atoms with Gasteiger partial charge in [0.05, 0.1) is 20.1 Å². The summed E-state index contributed by atoms with van der Waals surface area (Å²) in [6.45, 7) is 1.66. The number of carbonyl (C=O) groups is 1. The normalized spacial score (nSPS) is 11.7. The first kappa shape index (κ1) is 13.2. The fourth-order valence-electron chi connectivity index (χ4n) is 1.26. The molecule has 0 aliphatic heterocycles.